The molecule has 6 heteroatoms. The zero-order valence-electron chi connectivity index (χ0n) is 18.4. The Morgan fingerprint density at radius 1 is 1.10 bits per heavy atom. The molecule has 3 aliphatic rings. The number of piperidine rings is 1. The Morgan fingerprint density at radius 2 is 1.87 bits per heavy atom. The molecule has 5 rings (SSSR count). The second-order valence-electron chi connectivity index (χ2n) is 9.90. The molecule has 1 aromatic heterocycles. The van der Waals surface area contributed by atoms with E-state index in [4.69, 9.17) is 0 Å². The van der Waals surface area contributed by atoms with E-state index in [2.05, 4.69) is 21.1 Å². The number of benzene rings is 1. The summed E-state index contributed by atoms with van der Waals surface area (Å²) in [7, 11) is 0. The normalized spacial score (nSPS) is 24.0. The summed E-state index contributed by atoms with van der Waals surface area (Å²) in [6, 6.07) is 10.2. The van der Waals surface area contributed by atoms with Crippen molar-refractivity contribution >= 4 is 0 Å². The third kappa shape index (κ3) is 4.34. The number of likely N-dealkylation sites (tertiary alicyclic amines) is 1. The average molecular weight is 420 g/mol. The van der Waals surface area contributed by atoms with Crippen molar-refractivity contribution in [1.82, 2.24) is 19.7 Å². The van der Waals surface area contributed by atoms with Crippen molar-refractivity contribution in [3.63, 3.8) is 0 Å². The molecule has 2 heterocycles. The van der Waals surface area contributed by atoms with Gasteiger partial charge in [0.15, 0.2) is 0 Å². The number of rotatable bonds is 6. The van der Waals surface area contributed by atoms with E-state index in [0.717, 1.165) is 61.8 Å². The maximum atomic E-state index is 12.6. The lowest BCUT2D eigenvalue weighted by molar-refractivity contribution is 0.182. The number of aromatic nitrogens is 3. The van der Waals surface area contributed by atoms with Gasteiger partial charge in [-0.25, -0.2) is 4.79 Å². The first-order chi connectivity index (χ1) is 15.2. The van der Waals surface area contributed by atoms with Gasteiger partial charge in [0.2, 0.25) is 0 Å². The van der Waals surface area contributed by atoms with Crippen LogP contribution in [0.15, 0.2) is 29.1 Å². The molecule has 1 aliphatic heterocycles. The zero-order chi connectivity index (χ0) is 21.3. The molecule has 0 radical (unpaired) electrons. The van der Waals surface area contributed by atoms with E-state index in [-0.39, 0.29) is 11.1 Å². The molecular weight excluding hydrogens is 386 g/mol. The molecule has 2 aromatic rings. The quantitative estimate of drug-likeness (QED) is 0.759. The molecule has 164 valence electrons. The number of nitrogens with one attached hydrogen (secondary N) is 1. The highest BCUT2D eigenvalue weighted by molar-refractivity contribution is 5.43. The molecule has 1 atom stereocenters. The standard InChI is InChI=1S/C25H33N5O/c26-18-25(13-14-25)21-8-10-22(11-9-21)30-24(31)27-23(28-30)20-7-4-15-29(17-20)16-12-19-5-2-1-3-6-19/h8-11,19-20H,1-7,12-17H2,(H,27,28,31)/t20-/m0/s1. The third-order valence-corrected chi connectivity index (χ3v) is 7.73. The number of hydrogen-bond donors (Lipinski definition) is 1. The zero-order valence-corrected chi connectivity index (χ0v) is 18.4. The SMILES string of the molecule is N#CC1(c2ccc(-n3nc([C@H]4CCCN(CCC5CCCCC5)C4)[nH]c3=O)cc2)CC1. The molecule has 0 unspecified atom stereocenters. The number of nitrogens with zero attached hydrogens (tertiary/aromatic N) is 4. The molecule has 0 amide bonds. The van der Waals surface area contributed by atoms with Crippen LogP contribution in [0.5, 0.6) is 0 Å². The Balaban J connectivity index is 1.24. The third-order valence-electron chi connectivity index (χ3n) is 7.73. The lowest BCUT2D eigenvalue weighted by atomic mass is 9.86. The van der Waals surface area contributed by atoms with E-state index in [1.807, 2.05) is 24.3 Å². The summed E-state index contributed by atoms with van der Waals surface area (Å²) in [5.74, 6) is 2.01. The van der Waals surface area contributed by atoms with Crippen LogP contribution in [0.25, 0.3) is 5.69 Å². The van der Waals surface area contributed by atoms with Gasteiger partial charge in [0.05, 0.1) is 17.2 Å². The fourth-order valence-electron chi connectivity index (χ4n) is 5.53. The van der Waals surface area contributed by atoms with Crippen LogP contribution >= 0.6 is 0 Å². The summed E-state index contributed by atoms with van der Waals surface area (Å²) in [5.41, 5.74) is 1.32. The molecule has 2 saturated carbocycles. The van der Waals surface area contributed by atoms with Gasteiger partial charge in [0.1, 0.15) is 5.82 Å². The second kappa shape index (κ2) is 8.63. The second-order valence-corrected chi connectivity index (χ2v) is 9.90. The van der Waals surface area contributed by atoms with Gasteiger partial charge in [0.25, 0.3) is 0 Å². The molecule has 2 aliphatic carbocycles. The average Bonchev–Trinajstić information content (AvgIpc) is 3.53. The first-order valence-electron chi connectivity index (χ1n) is 12.1. The maximum absolute atomic E-state index is 12.6. The van der Waals surface area contributed by atoms with Crippen molar-refractivity contribution in [2.45, 2.75) is 75.5 Å². The highest BCUT2D eigenvalue weighted by atomic mass is 16.1. The first kappa shape index (κ1) is 20.5. The topological polar surface area (TPSA) is 77.7 Å². The van der Waals surface area contributed by atoms with Gasteiger partial charge in [-0.05, 0) is 68.8 Å². The number of aromatic amines is 1. The van der Waals surface area contributed by atoms with Crippen molar-refractivity contribution in [1.29, 1.82) is 5.26 Å². The fraction of sp³-hybridized carbons (Fsp3) is 0.640. The minimum absolute atomic E-state index is 0.177. The molecule has 0 bridgehead atoms. The molecule has 1 saturated heterocycles. The van der Waals surface area contributed by atoms with Gasteiger partial charge in [-0.15, -0.1) is 5.10 Å². The number of H-pyrrole nitrogens is 1. The van der Waals surface area contributed by atoms with E-state index in [1.54, 1.807) is 0 Å². The largest absolute Gasteiger partial charge is 0.348 e. The Morgan fingerprint density at radius 3 is 2.58 bits per heavy atom. The highest BCUT2D eigenvalue weighted by Crippen LogP contribution is 2.47. The Bertz CT molecular complexity index is 988. The van der Waals surface area contributed by atoms with Crippen molar-refractivity contribution in [2.75, 3.05) is 19.6 Å². The van der Waals surface area contributed by atoms with Crippen LogP contribution in [0, 0.1) is 17.2 Å². The summed E-state index contributed by atoms with van der Waals surface area (Å²) in [6.07, 6.45) is 12.4. The summed E-state index contributed by atoms with van der Waals surface area (Å²) >= 11 is 0. The van der Waals surface area contributed by atoms with Crippen molar-refractivity contribution in [2.24, 2.45) is 5.92 Å². The summed E-state index contributed by atoms with van der Waals surface area (Å²) in [5, 5.41) is 14.1. The van der Waals surface area contributed by atoms with Gasteiger partial charge in [-0.2, -0.15) is 9.94 Å². The fourth-order valence-corrected chi connectivity index (χ4v) is 5.53. The van der Waals surface area contributed by atoms with E-state index >= 15 is 0 Å². The van der Waals surface area contributed by atoms with Crippen molar-refractivity contribution in [3.8, 4) is 11.8 Å². The molecule has 1 aromatic carbocycles. The highest BCUT2D eigenvalue weighted by Gasteiger charge is 2.44. The molecule has 0 spiro atoms. The molecule has 1 N–H and O–H groups in total. The molecule has 3 fully saturated rings. The van der Waals surface area contributed by atoms with Crippen molar-refractivity contribution in [3.05, 3.63) is 46.1 Å². The van der Waals surface area contributed by atoms with Gasteiger partial charge < -0.3 is 4.90 Å². The van der Waals surface area contributed by atoms with E-state index in [9.17, 15) is 10.1 Å². The van der Waals surface area contributed by atoms with Crippen LogP contribution in [0.2, 0.25) is 0 Å². The number of nitriles is 1. The maximum Gasteiger partial charge on any atom is 0.348 e. The summed E-state index contributed by atoms with van der Waals surface area (Å²) in [4.78, 5) is 18.2. The molecule has 6 nitrogen and oxygen atoms in total. The van der Waals surface area contributed by atoms with Crippen molar-refractivity contribution < 1.29 is 0 Å². The van der Waals surface area contributed by atoms with E-state index in [1.165, 1.54) is 49.8 Å². The molecular formula is C25H33N5O. The van der Waals surface area contributed by atoms with Gasteiger partial charge >= 0.3 is 5.69 Å². The van der Waals surface area contributed by atoms with E-state index in [0.29, 0.717) is 5.92 Å². The minimum Gasteiger partial charge on any atom is -0.303 e. The Hall–Kier alpha value is -2.39. The summed E-state index contributed by atoms with van der Waals surface area (Å²) in [6.45, 7) is 3.33. The Kier molecular flexibility index (Phi) is 5.71. The van der Waals surface area contributed by atoms with Gasteiger partial charge in [-0.1, -0.05) is 44.2 Å². The first-order valence-corrected chi connectivity index (χ1v) is 12.1. The molecule has 31 heavy (non-hydrogen) atoms. The van der Waals surface area contributed by atoms with Crippen LogP contribution in [0.4, 0.5) is 0 Å². The van der Waals surface area contributed by atoms with E-state index < -0.39 is 0 Å². The van der Waals surface area contributed by atoms with Crippen LogP contribution in [0.3, 0.4) is 0 Å². The smallest absolute Gasteiger partial charge is 0.303 e. The van der Waals surface area contributed by atoms with Crippen LogP contribution in [-0.4, -0.2) is 39.3 Å². The lowest BCUT2D eigenvalue weighted by Crippen LogP contribution is -2.36. The van der Waals surface area contributed by atoms with Gasteiger partial charge in [-0.3, -0.25) is 4.98 Å². The van der Waals surface area contributed by atoms with Gasteiger partial charge in [0, 0.05) is 12.5 Å². The predicted molar refractivity (Wildman–Crippen MR) is 120 cm³/mol. The number of hydrogen-bond acceptors (Lipinski definition) is 4. The summed E-state index contributed by atoms with van der Waals surface area (Å²) < 4.78 is 1.48. The Labute approximate surface area is 184 Å². The van der Waals surface area contributed by atoms with Crippen LogP contribution in [-0.2, 0) is 5.41 Å². The minimum atomic E-state index is -0.302. The van der Waals surface area contributed by atoms with Crippen LogP contribution in [0.1, 0.15) is 81.5 Å². The monoisotopic (exact) mass is 419 g/mol. The lowest BCUT2D eigenvalue weighted by Gasteiger charge is -2.33. The van der Waals surface area contributed by atoms with Crippen LogP contribution < -0.4 is 5.69 Å². The predicted octanol–water partition coefficient (Wildman–Crippen LogP) is 4.27.